The molecule has 0 unspecified atom stereocenters. The van der Waals surface area contributed by atoms with E-state index in [1.54, 1.807) is 48.7 Å². The SMILES string of the molecule is CCCOc1ccc(C(=O)[C@H]2[C@@H](C(=O)c3ccccn3)N3C=Cc4ccccc4[C@@H]3[C@]23C(=O)Nc2ccccc23)cc1. The molecular formula is C35H29N3O4. The summed E-state index contributed by atoms with van der Waals surface area (Å²) in [5.41, 5.74) is 2.50. The van der Waals surface area contributed by atoms with E-state index >= 15 is 0 Å². The number of nitrogens with one attached hydrogen (secondary N) is 1. The van der Waals surface area contributed by atoms with Crippen LogP contribution in [0.3, 0.4) is 0 Å². The number of fused-ring (bicyclic) bond motifs is 6. The monoisotopic (exact) mass is 555 g/mol. The summed E-state index contributed by atoms with van der Waals surface area (Å²) in [6.45, 7) is 2.60. The summed E-state index contributed by atoms with van der Waals surface area (Å²) in [7, 11) is 0. The van der Waals surface area contributed by atoms with Crippen LogP contribution in [0.1, 0.15) is 56.9 Å². The van der Waals surface area contributed by atoms with Gasteiger partial charge in [0, 0.05) is 23.6 Å². The van der Waals surface area contributed by atoms with E-state index in [1.807, 2.05) is 72.6 Å². The quantitative estimate of drug-likeness (QED) is 0.288. The summed E-state index contributed by atoms with van der Waals surface area (Å²) in [6.07, 6.45) is 6.25. The van der Waals surface area contributed by atoms with Crippen LogP contribution in [0.15, 0.2) is 103 Å². The van der Waals surface area contributed by atoms with Crippen LogP contribution >= 0.6 is 0 Å². The Hall–Kier alpha value is -5.04. The molecule has 208 valence electrons. The Kier molecular flexibility index (Phi) is 6.23. The number of aromatic nitrogens is 1. The van der Waals surface area contributed by atoms with E-state index in [4.69, 9.17) is 4.74 Å². The average molecular weight is 556 g/mol. The lowest BCUT2D eigenvalue weighted by Gasteiger charge is -2.38. The van der Waals surface area contributed by atoms with Gasteiger partial charge in [-0.1, -0.05) is 55.5 Å². The van der Waals surface area contributed by atoms with Gasteiger partial charge in [-0.3, -0.25) is 19.4 Å². The Bertz CT molecular complexity index is 1730. The highest BCUT2D eigenvalue weighted by Crippen LogP contribution is 2.62. The first-order valence-corrected chi connectivity index (χ1v) is 14.2. The number of pyridine rings is 1. The highest BCUT2D eigenvalue weighted by atomic mass is 16.5. The topological polar surface area (TPSA) is 88.6 Å². The lowest BCUT2D eigenvalue weighted by molar-refractivity contribution is -0.122. The van der Waals surface area contributed by atoms with Gasteiger partial charge < -0.3 is 15.0 Å². The molecule has 4 aromatic rings. The fourth-order valence-corrected chi connectivity index (χ4v) is 6.94. The highest BCUT2D eigenvalue weighted by Gasteiger charge is 2.70. The Morgan fingerprint density at radius 3 is 2.48 bits per heavy atom. The van der Waals surface area contributed by atoms with Crippen molar-refractivity contribution in [3.8, 4) is 5.75 Å². The summed E-state index contributed by atoms with van der Waals surface area (Å²) >= 11 is 0. The second kappa shape index (κ2) is 10.1. The van der Waals surface area contributed by atoms with E-state index < -0.39 is 23.4 Å². The summed E-state index contributed by atoms with van der Waals surface area (Å²) in [5.74, 6) is -1.26. The van der Waals surface area contributed by atoms with Gasteiger partial charge in [0.1, 0.15) is 22.9 Å². The van der Waals surface area contributed by atoms with Crippen LogP contribution in [0.2, 0.25) is 0 Å². The Labute approximate surface area is 243 Å². The molecule has 7 nitrogen and oxygen atoms in total. The van der Waals surface area contributed by atoms with E-state index in [0.717, 1.165) is 17.5 Å². The van der Waals surface area contributed by atoms with Crippen molar-refractivity contribution < 1.29 is 19.1 Å². The van der Waals surface area contributed by atoms with E-state index in [-0.39, 0.29) is 23.2 Å². The molecular weight excluding hydrogens is 526 g/mol. The fourth-order valence-electron chi connectivity index (χ4n) is 6.94. The number of carbonyl (C=O) groups is 3. The molecule has 1 aromatic heterocycles. The number of hydrogen-bond acceptors (Lipinski definition) is 6. The molecule has 0 bridgehead atoms. The van der Waals surface area contributed by atoms with Crippen LogP contribution in [0.5, 0.6) is 5.75 Å². The number of benzene rings is 3. The van der Waals surface area contributed by atoms with Crippen molar-refractivity contribution in [2.75, 3.05) is 11.9 Å². The van der Waals surface area contributed by atoms with Crippen LogP contribution < -0.4 is 10.1 Å². The zero-order valence-electron chi connectivity index (χ0n) is 23.1. The number of amides is 1. The summed E-state index contributed by atoms with van der Waals surface area (Å²) in [5, 5.41) is 3.07. The molecule has 0 saturated carbocycles. The first kappa shape index (κ1) is 25.9. The molecule has 3 aliphatic rings. The van der Waals surface area contributed by atoms with Gasteiger partial charge in [-0.2, -0.15) is 0 Å². The molecule has 42 heavy (non-hydrogen) atoms. The maximum Gasteiger partial charge on any atom is 0.238 e. The van der Waals surface area contributed by atoms with Gasteiger partial charge >= 0.3 is 0 Å². The van der Waals surface area contributed by atoms with Crippen LogP contribution in [-0.4, -0.2) is 40.0 Å². The summed E-state index contributed by atoms with van der Waals surface area (Å²) in [4.78, 5) is 50.1. The number of ketones is 2. The van der Waals surface area contributed by atoms with E-state index in [2.05, 4.69) is 10.3 Å². The van der Waals surface area contributed by atoms with Crippen LogP contribution in [0.4, 0.5) is 5.69 Å². The lowest BCUT2D eigenvalue weighted by Crippen LogP contribution is -2.49. The lowest BCUT2D eigenvalue weighted by atomic mass is 9.62. The third-order valence-corrected chi connectivity index (χ3v) is 8.65. The van der Waals surface area contributed by atoms with Crippen LogP contribution in [-0.2, 0) is 10.2 Å². The molecule has 1 N–H and O–H groups in total. The number of nitrogens with zero attached hydrogens (tertiary/aromatic N) is 2. The minimum absolute atomic E-state index is 0.248. The number of carbonyl (C=O) groups excluding carboxylic acids is 3. The Morgan fingerprint density at radius 1 is 0.929 bits per heavy atom. The van der Waals surface area contributed by atoms with Gasteiger partial charge in [0.2, 0.25) is 11.7 Å². The van der Waals surface area contributed by atoms with Gasteiger partial charge in [0.25, 0.3) is 0 Å². The molecule has 4 atom stereocenters. The maximum absolute atomic E-state index is 14.8. The van der Waals surface area contributed by atoms with E-state index in [0.29, 0.717) is 29.2 Å². The summed E-state index contributed by atoms with van der Waals surface area (Å²) in [6, 6.07) is 25.9. The largest absolute Gasteiger partial charge is 0.494 e. The molecule has 1 amide bonds. The molecule has 1 saturated heterocycles. The van der Waals surface area contributed by atoms with Crippen molar-refractivity contribution in [1.82, 2.24) is 9.88 Å². The number of rotatable bonds is 7. The van der Waals surface area contributed by atoms with Gasteiger partial charge in [0.15, 0.2) is 5.78 Å². The number of para-hydroxylation sites is 1. The minimum Gasteiger partial charge on any atom is -0.494 e. The van der Waals surface area contributed by atoms with Crippen molar-refractivity contribution >= 4 is 29.2 Å². The molecule has 7 heteroatoms. The van der Waals surface area contributed by atoms with Crippen molar-refractivity contribution in [3.63, 3.8) is 0 Å². The van der Waals surface area contributed by atoms with Gasteiger partial charge in [-0.15, -0.1) is 0 Å². The number of anilines is 1. The normalized spacial score (nSPS) is 23.2. The maximum atomic E-state index is 14.8. The first-order valence-electron chi connectivity index (χ1n) is 14.2. The predicted octanol–water partition coefficient (Wildman–Crippen LogP) is 5.85. The minimum atomic E-state index is -1.37. The van der Waals surface area contributed by atoms with E-state index in [9.17, 15) is 14.4 Å². The zero-order chi connectivity index (χ0) is 28.8. The van der Waals surface area contributed by atoms with Crippen LogP contribution in [0, 0.1) is 5.92 Å². The van der Waals surface area contributed by atoms with Gasteiger partial charge in [-0.25, -0.2) is 0 Å². The van der Waals surface area contributed by atoms with Crippen LogP contribution in [0.25, 0.3) is 6.08 Å². The van der Waals surface area contributed by atoms with Crippen molar-refractivity contribution in [2.45, 2.75) is 30.8 Å². The molecule has 7 rings (SSSR count). The zero-order valence-corrected chi connectivity index (χ0v) is 23.1. The predicted molar refractivity (Wildman–Crippen MR) is 159 cm³/mol. The Morgan fingerprint density at radius 2 is 1.69 bits per heavy atom. The number of hydrogen-bond donors (Lipinski definition) is 1. The second-order valence-electron chi connectivity index (χ2n) is 10.9. The first-order chi connectivity index (χ1) is 20.6. The number of ether oxygens (including phenoxy) is 1. The third kappa shape index (κ3) is 3.73. The Balaban J connectivity index is 1.47. The standard InChI is InChI=1S/C35H29N3O4/c1-2-21-42-24-16-14-23(15-17-24)31(39)29-30(32(40)28-13-7-8-19-36-28)38-20-18-22-9-3-4-10-25(22)33(38)35(29)26-11-5-6-12-27(26)37-34(35)41/h3-20,29-30,33H,2,21H2,1H3,(H,37,41)/t29-,30+,33-,35-/m1/s1. The molecule has 0 radical (unpaired) electrons. The highest BCUT2D eigenvalue weighted by molar-refractivity contribution is 6.16. The fraction of sp³-hybridized carbons (Fsp3) is 0.200. The average Bonchev–Trinajstić information content (AvgIpc) is 3.52. The number of Topliss-reactive ketones (excluding diaryl/α,β-unsaturated/α-hetero) is 2. The van der Waals surface area contributed by atoms with Crippen molar-refractivity contribution in [1.29, 1.82) is 0 Å². The van der Waals surface area contributed by atoms with Crippen molar-refractivity contribution in [2.24, 2.45) is 5.92 Å². The van der Waals surface area contributed by atoms with Gasteiger partial charge in [-0.05, 0) is 71.7 Å². The molecule has 3 aliphatic heterocycles. The molecule has 1 fully saturated rings. The molecule has 0 aliphatic carbocycles. The molecule has 3 aromatic carbocycles. The van der Waals surface area contributed by atoms with Gasteiger partial charge in [0.05, 0.1) is 18.6 Å². The third-order valence-electron chi connectivity index (χ3n) is 8.65. The second-order valence-corrected chi connectivity index (χ2v) is 10.9. The van der Waals surface area contributed by atoms with Crippen molar-refractivity contribution in [3.05, 3.63) is 131 Å². The summed E-state index contributed by atoms with van der Waals surface area (Å²) < 4.78 is 5.75. The van der Waals surface area contributed by atoms with E-state index in [1.165, 1.54) is 0 Å². The molecule has 4 heterocycles. The molecule has 1 spiro atoms. The smallest absolute Gasteiger partial charge is 0.238 e.